The molecule has 19 heavy (non-hydrogen) atoms. The van der Waals surface area contributed by atoms with E-state index in [1.165, 1.54) is 42.1 Å². The smallest absolute Gasteiger partial charge is 0.335 e. The average Bonchev–Trinajstić information content (AvgIpc) is 2.38. The average molecular weight is 280 g/mol. The monoisotopic (exact) mass is 280 g/mol. The first-order valence-corrected chi connectivity index (χ1v) is 6.45. The van der Waals surface area contributed by atoms with Gasteiger partial charge in [0.15, 0.2) is 0 Å². The van der Waals surface area contributed by atoms with Crippen LogP contribution in [0.2, 0.25) is 0 Å². The molecule has 0 saturated carbocycles. The van der Waals surface area contributed by atoms with Crippen molar-refractivity contribution >= 4 is 17.7 Å². The number of carboxylic acids is 1. The number of benzene rings is 2. The Morgan fingerprint density at radius 1 is 1.05 bits per heavy atom. The maximum atomic E-state index is 13.4. The molecule has 2 aromatic rings. The molecule has 0 aliphatic heterocycles. The quantitative estimate of drug-likeness (QED) is 0.861. The molecule has 0 radical (unpaired) electrons. The molecule has 2 aromatic carbocycles. The summed E-state index contributed by atoms with van der Waals surface area (Å²) in [5.74, 6) is -1.99. The second-order valence-corrected chi connectivity index (χ2v) is 4.87. The fourth-order valence-corrected chi connectivity index (χ4v) is 2.43. The van der Waals surface area contributed by atoms with Crippen LogP contribution in [0.5, 0.6) is 0 Å². The molecule has 2 nitrogen and oxygen atoms in total. The summed E-state index contributed by atoms with van der Waals surface area (Å²) < 4.78 is 26.8. The van der Waals surface area contributed by atoms with Gasteiger partial charge in [-0.1, -0.05) is 6.07 Å². The van der Waals surface area contributed by atoms with Crippen molar-refractivity contribution in [3.8, 4) is 0 Å². The van der Waals surface area contributed by atoms with Crippen LogP contribution in [-0.2, 0) is 5.75 Å². The predicted molar refractivity (Wildman–Crippen MR) is 69.3 cm³/mol. The van der Waals surface area contributed by atoms with Gasteiger partial charge in [-0.05, 0) is 36.4 Å². The lowest BCUT2D eigenvalue weighted by Crippen LogP contribution is -1.95. The van der Waals surface area contributed by atoms with E-state index in [4.69, 9.17) is 5.11 Å². The third-order valence-corrected chi connectivity index (χ3v) is 3.58. The molecule has 0 fully saturated rings. The van der Waals surface area contributed by atoms with Gasteiger partial charge in [-0.25, -0.2) is 13.6 Å². The van der Waals surface area contributed by atoms with Crippen LogP contribution in [-0.4, -0.2) is 11.1 Å². The largest absolute Gasteiger partial charge is 0.478 e. The Balaban J connectivity index is 2.08. The molecule has 0 spiro atoms. The molecule has 0 aliphatic carbocycles. The molecule has 0 unspecified atom stereocenters. The summed E-state index contributed by atoms with van der Waals surface area (Å²) >= 11 is 1.25. The maximum Gasteiger partial charge on any atom is 0.335 e. The number of thioether (sulfide) groups is 1. The molecule has 1 N–H and O–H groups in total. The Morgan fingerprint density at radius 2 is 1.63 bits per heavy atom. The van der Waals surface area contributed by atoms with E-state index in [0.29, 0.717) is 0 Å². The molecule has 0 atom stereocenters. The summed E-state index contributed by atoms with van der Waals surface area (Å²) in [5.41, 5.74) is 0.205. The van der Waals surface area contributed by atoms with Crippen molar-refractivity contribution in [2.24, 2.45) is 0 Å². The second kappa shape index (κ2) is 5.84. The third kappa shape index (κ3) is 3.32. The first kappa shape index (κ1) is 13.5. The Hall–Kier alpha value is -1.88. The number of rotatable bonds is 4. The molecular weight excluding hydrogens is 270 g/mol. The number of carbonyl (C=O) groups is 1. The molecule has 0 bridgehead atoms. The third-order valence-electron chi connectivity index (χ3n) is 2.55. The van der Waals surface area contributed by atoms with E-state index in [0.717, 1.165) is 4.90 Å². The van der Waals surface area contributed by atoms with Crippen LogP contribution in [0, 0.1) is 11.6 Å². The van der Waals surface area contributed by atoms with Crippen LogP contribution in [0.4, 0.5) is 8.78 Å². The zero-order valence-electron chi connectivity index (χ0n) is 9.77. The zero-order chi connectivity index (χ0) is 13.8. The first-order chi connectivity index (χ1) is 9.08. The zero-order valence-corrected chi connectivity index (χ0v) is 10.6. The molecule has 0 saturated heterocycles. The topological polar surface area (TPSA) is 37.3 Å². The summed E-state index contributed by atoms with van der Waals surface area (Å²) in [4.78, 5) is 11.4. The summed E-state index contributed by atoms with van der Waals surface area (Å²) in [7, 11) is 0. The van der Waals surface area contributed by atoms with E-state index >= 15 is 0 Å². The summed E-state index contributed by atoms with van der Waals surface area (Å²) in [6.45, 7) is 0. The lowest BCUT2D eigenvalue weighted by molar-refractivity contribution is 0.0697. The van der Waals surface area contributed by atoms with E-state index in [1.807, 2.05) is 0 Å². The number of aromatic carboxylic acids is 1. The number of hydrogen-bond acceptors (Lipinski definition) is 2. The first-order valence-electron chi connectivity index (χ1n) is 5.47. The highest BCUT2D eigenvalue weighted by atomic mass is 32.2. The van der Waals surface area contributed by atoms with Crippen LogP contribution < -0.4 is 0 Å². The standard InChI is InChI=1S/C14H10F2O2S/c15-12-2-1-3-13(16)11(12)8-19-10-6-4-9(5-7-10)14(17)18/h1-7H,8H2,(H,17,18). The van der Waals surface area contributed by atoms with Gasteiger partial charge in [-0.15, -0.1) is 11.8 Å². The normalized spacial score (nSPS) is 10.4. The highest BCUT2D eigenvalue weighted by Gasteiger charge is 2.09. The van der Waals surface area contributed by atoms with Gasteiger partial charge >= 0.3 is 5.97 Å². The number of hydrogen-bond donors (Lipinski definition) is 1. The number of carboxylic acid groups (broad SMARTS) is 1. The molecule has 5 heteroatoms. The van der Waals surface area contributed by atoms with Crippen molar-refractivity contribution < 1.29 is 18.7 Å². The fourth-order valence-electron chi connectivity index (χ4n) is 1.52. The lowest BCUT2D eigenvalue weighted by Gasteiger charge is -2.05. The molecular formula is C14H10F2O2S. The van der Waals surface area contributed by atoms with Gasteiger partial charge in [-0.3, -0.25) is 0 Å². The summed E-state index contributed by atoms with van der Waals surface area (Å²) in [6.07, 6.45) is 0. The van der Waals surface area contributed by atoms with Crippen molar-refractivity contribution in [2.75, 3.05) is 0 Å². The molecule has 0 aliphatic rings. The SMILES string of the molecule is O=C(O)c1ccc(SCc2c(F)cccc2F)cc1. The van der Waals surface area contributed by atoms with Crippen LogP contribution in [0.25, 0.3) is 0 Å². The minimum atomic E-state index is -1.00. The Morgan fingerprint density at radius 3 is 2.16 bits per heavy atom. The van der Waals surface area contributed by atoms with Crippen molar-refractivity contribution in [2.45, 2.75) is 10.6 Å². The van der Waals surface area contributed by atoms with E-state index < -0.39 is 17.6 Å². The number of halogens is 2. The van der Waals surface area contributed by atoms with Crippen molar-refractivity contribution in [3.05, 3.63) is 65.2 Å². The lowest BCUT2D eigenvalue weighted by atomic mass is 10.2. The predicted octanol–water partition coefficient (Wildman–Crippen LogP) is 3.96. The molecule has 0 heterocycles. The van der Waals surface area contributed by atoms with Crippen molar-refractivity contribution in [3.63, 3.8) is 0 Å². The summed E-state index contributed by atoms with van der Waals surface area (Å²) in [5, 5.41) is 8.75. The highest BCUT2D eigenvalue weighted by molar-refractivity contribution is 7.98. The van der Waals surface area contributed by atoms with Gasteiger partial charge in [-0.2, -0.15) is 0 Å². The minimum absolute atomic E-state index is 0.0230. The molecule has 98 valence electrons. The maximum absolute atomic E-state index is 13.4. The van der Waals surface area contributed by atoms with Crippen LogP contribution in [0.3, 0.4) is 0 Å². The second-order valence-electron chi connectivity index (χ2n) is 3.82. The van der Waals surface area contributed by atoms with E-state index in [1.54, 1.807) is 12.1 Å². The van der Waals surface area contributed by atoms with E-state index in [-0.39, 0.29) is 16.9 Å². The van der Waals surface area contributed by atoms with E-state index in [9.17, 15) is 13.6 Å². The molecule has 0 aromatic heterocycles. The van der Waals surface area contributed by atoms with Gasteiger partial charge in [0.05, 0.1) is 5.56 Å². The summed E-state index contributed by atoms with van der Waals surface area (Å²) in [6, 6.07) is 9.91. The van der Waals surface area contributed by atoms with E-state index in [2.05, 4.69) is 0 Å². The van der Waals surface area contributed by atoms with Crippen molar-refractivity contribution in [1.82, 2.24) is 0 Å². The highest BCUT2D eigenvalue weighted by Crippen LogP contribution is 2.25. The molecule has 2 rings (SSSR count). The van der Waals surface area contributed by atoms with Gasteiger partial charge in [0.2, 0.25) is 0 Å². The molecule has 0 amide bonds. The minimum Gasteiger partial charge on any atom is -0.478 e. The van der Waals surface area contributed by atoms with Gasteiger partial charge in [0.25, 0.3) is 0 Å². The van der Waals surface area contributed by atoms with Gasteiger partial charge in [0, 0.05) is 16.2 Å². The Bertz CT molecular complexity index is 577. The van der Waals surface area contributed by atoms with Gasteiger partial charge in [0.1, 0.15) is 11.6 Å². The Labute approximate surface area is 113 Å². The Kier molecular flexibility index (Phi) is 4.16. The van der Waals surface area contributed by atoms with Crippen LogP contribution in [0.15, 0.2) is 47.4 Å². The van der Waals surface area contributed by atoms with Crippen molar-refractivity contribution in [1.29, 1.82) is 0 Å². The van der Waals surface area contributed by atoms with Crippen LogP contribution >= 0.6 is 11.8 Å². The van der Waals surface area contributed by atoms with Crippen LogP contribution in [0.1, 0.15) is 15.9 Å². The fraction of sp³-hybridized carbons (Fsp3) is 0.0714. The van der Waals surface area contributed by atoms with Gasteiger partial charge < -0.3 is 5.11 Å².